The molecule has 0 aliphatic rings. The molecule has 76 valence electrons. The molecule has 0 saturated heterocycles. The van der Waals surface area contributed by atoms with E-state index in [0.717, 1.165) is 11.3 Å². The number of anilines is 1. The summed E-state index contributed by atoms with van der Waals surface area (Å²) in [7, 11) is 0. The normalized spacial score (nSPS) is 11.9. The number of rotatable bonds is 3. The van der Waals surface area contributed by atoms with Crippen LogP contribution in [0.3, 0.4) is 0 Å². The summed E-state index contributed by atoms with van der Waals surface area (Å²) in [4.78, 5) is 0. The van der Waals surface area contributed by atoms with E-state index in [1.54, 1.807) is 0 Å². The molecule has 0 heterocycles. The fourth-order valence-electron chi connectivity index (χ4n) is 1.17. The van der Waals surface area contributed by atoms with Crippen molar-refractivity contribution in [3.63, 3.8) is 0 Å². The topological polar surface area (TPSA) is 38.0 Å². The van der Waals surface area contributed by atoms with Crippen LogP contribution in [0.25, 0.3) is 6.08 Å². The Morgan fingerprint density at radius 2 is 2.00 bits per heavy atom. The lowest BCUT2D eigenvalue weighted by atomic mass is 10.0. The summed E-state index contributed by atoms with van der Waals surface area (Å²) in [6, 6.07) is 8.01. The highest BCUT2D eigenvalue weighted by molar-refractivity contribution is 5.67. The number of hydrogen-bond donors (Lipinski definition) is 2. The van der Waals surface area contributed by atoms with Gasteiger partial charge in [-0.05, 0) is 24.5 Å². The van der Waals surface area contributed by atoms with Gasteiger partial charge < -0.3 is 5.43 Å². The van der Waals surface area contributed by atoms with E-state index in [9.17, 15) is 0 Å². The minimum Gasteiger partial charge on any atom is -0.324 e. The molecule has 0 saturated carbocycles. The zero-order valence-corrected chi connectivity index (χ0v) is 9.04. The lowest BCUT2D eigenvalue weighted by Gasteiger charge is -2.08. The van der Waals surface area contributed by atoms with E-state index in [2.05, 4.69) is 38.3 Å². The standard InChI is InChI=1S/C12H18N2/c1-9(2)10(3)8-11-6-4-5-7-12(11)14-13/h4-9,14H,13H2,1-3H3/b10-8+. The molecule has 0 spiro atoms. The molecule has 0 atom stereocenters. The van der Waals surface area contributed by atoms with Gasteiger partial charge in [-0.25, -0.2) is 0 Å². The molecule has 0 aromatic heterocycles. The Hall–Kier alpha value is -1.28. The second-order valence-electron chi connectivity index (χ2n) is 3.77. The number of nitrogen functional groups attached to an aromatic ring is 1. The maximum atomic E-state index is 5.42. The van der Waals surface area contributed by atoms with Crippen molar-refractivity contribution in [2.24, 2.45) is 11.8 Å². The van der Waals surface area contributed by atoms with Crippen LogP contribution in [0.5, 0.6) is 0 Å². The van der Waals surface area contributed by atoms with Gasteiger partial charge in [0.05, 0.1) is 5.69 Å². The molecule has 1 aromatic rings. The molecule has 14 heavy (non-hydrogen) atoms. The predicted octanol–water partition coefficient (Wildman–Crippen LogP) is 3.03. The van der Waals surface area contributed by atoms with Crippen LogP contribution in [0.1, 0.15) is 26.3 Å². The molecule has 0 aliphatic heterocycles. The lowest BCUT2D eigenvalue weighted by Crippen LogP contribution is -2.07. The fourth-order valence-corrected chi connectivity index (χ4v) is 1.17. The van der Waals surface area contributed by atoms with E-state index in [1.807, 2.05) is 18.2 Å². The van der Waals surface area contributed by atoms with Crippen molar-refractivity contribution < 1.29 is 0 Å². The van der Waals surface area contributed by atoms with E-state index in [-0.39, 0.29) is 0 Å². The molecule has 0 unspecified atom stereocenters. The molecule has 2 nitrogen and oxygen atoms in total. The highest BCUT2D eigenvalue weighted by Crippen LogP contribution is 2.19. The Labute approximate surface area is 85.8 Å². The molecule has 0 aliphatic carbocycles. The largest absolute Gasteiger partial charge is 0.324 e. The molecular formula is C12H18N2. The smallest absolute Gasteiger partial charge is 0.0557 e. The van der Waals surface area contributed by atoms with Gasteiger partial charge in [0.2, 0.25) is 0 Å². The van der Waals surface area contributed by atoms with E-state index in [1.165, 1.54) is 5.57 Å². The van der Waals surface area contributed by atoms with Gasteiger partial charge in [-0.15, -0.1) is 0 Å². The van der Waals surface area contributed by atoms with Crippen LogP contribution >= 0.6 is 0 Å². The van der Waals surface area contributed by atoms with E-state index < -0.39 is 0 Å². The molecule has 0 amide bonds. The third-order valence-corrected chi connectivity index (χ3v) is 2.41. The Morgan fingerprint density at radius 1 is 1.36 bits per heavy atom. The zero-order chi connectivity index (χ0) is 10.6. The van der Waals surface area contributed by atoms with Crippen LogP contribution in [0.15, 0.2) is 29.8 Å². The number of benzene rings is 1. The Morgan fingerprint density at radius 3 is 2.57 bits per heavy atom. The van der Waals surface area contributed by atoms with Gasteiger partial charge in [0.15, 0.2) is 0 Å². The van der Waals surface area contributed by atoms with Gasteiger partial charge in [0.1, 0.15) is 0 Å². The second-order valence-corrected chi connectivity index (χ2v) is 3.77. The number of nitrogens with one attached hydrogen (secondary N) is 1. The van der Waals surface area contributed by atoms with Gasteiger partial charge in [-0.3, -0.25) is 5.84 Å². The summed E-state index contributed by atoms with van der Waals surface area (Å²) in [5, 5.41) is 0. The lowest BCUT2D eigenvalue weighted by molar-refractivity contribution is 0.776. The maximum Gasteiger partial charge on any atom is 0.0557 e. The Balaban J connectivity index is 3.01. The number of allylic oxidation sites excluding steroid dienone is 1. The van der Waals surface area contributed by atoms with E-state index >= 15 is 0 Å². The van der Waals surface area contributed by atoms with Crippen molar-refractivity contribution in [1.29, 1.82) is 0 Å². The molecule has 3 N–H and O–H groups in total. The van der Waals surface area contributed by atoms with E-state index in [0.29, 0.717) is 5.92 Å². The Kier molecular flexibility index (Phi) is 3.72. The SMILES string of the molecule is C/C(=C\c1ccccc1NN)C(C)C. The summed E-state index contributed by atoms with van der Waals surface area (Å²) in [6.07, 6.45) is 2.17. The zero-order valence-electron chi connectivity index (χ0n) is 9.04. The molecule has 0 radical (unpaired) electrons. The predicted molar refractivity (Wildman–Crippen MR) is 62.7 cm³/mol. The van der Waals surface area contributed by atoms with Crippen molar-refractivity contribution in [3.05, 3.63) is 35.4 Å². The number of hydrazine groups is 1. The molecule has 0 bridgehead atoms. The van der Waals surface area contributed by atoms with E-state index in [4.69, 9.17) is 5.84 Å². The first-order chi connectivity index (χ1) is 6.65. The molecular weight excluding hydrogens is 172 g/mol. The van der Waals surface area contributed by atoms with Crippen molar-refractivity contribution in [1.82, 2.24) is 0 Å². The van der Waals surface area contributed by atoms with Crippen LogP contribution < -0.4 is 11.3 Å². The average molecular weight is 190 g/mol. The van der Waals surface area contributed by atoms with Gasteiger partial charge >= 0.3 is 0 Å². The van der Waals surface area contributed by atoms with Crippen LogP contribution in [-0.4, -0.2) is 0 Å². The van der Waals surface area contributed by atoms with Gasteiger partial charge in [-0.2, -0.15) is 0 Å². The van der Waals surface area contributed by atoms with Crippen LogP contribution in [0.2, 0.25) is 0 Å². The summed E-state index contributed by atoms with van der Waals surface area (Å²) in [5.74, 6) is 5.99. The van der Waals surface area contributed by atoms with Crippen molar-refractivity contribution in [2.75, 3.05) is 5.43 Å². The van der Waals surface area contributed by atoms with Gasteiger partial charge in [0, 0.05) is 0 Å². The molecule has 1 rings (SSSR count). The third kappa shape index (κ3) is 2.60. The maximum absolute atomic E-state index is 5.42. The minimum atomic E-state index is 0.570. The van der Waals surface area contributed by atoms with Crippen LogP contribution in [0.4, 0.5) is 5.69 Å². The highest BCUT2D eigenvalue weighted by atomic mass is 15.2. The Bertz CT molecular complexity index is 327. The summed E-state index contributed by atoms with van der Waals surface area (Å²) in [6.45, 7) is 6.51. The van der Waals surface area contributed by atoms with Crippen molar-refractivity contribution in [2.45, 2.75) is 20.8 Å². The quantitative estimate of drug-likeness (QED) is 0.568. The van der Waals surface area contributed by atoms with Crippen molar-refractivity contribution in [3.8, 4) is 0 Å². The summed E-state index contributed by atoms with van der Waals surface area (Å²) in [5.41, 5.74) is 6.15. The molecule has 1 aromatic carbocycles. The summed E-state index contributed by atoms with van der Waals surface area (Å²) >= 11 is 0. The van der Waals surface area contributed by atoms with Gasteiger partial charge in [0.25, 0.3) is 0 Å². The van der Waals surface area contributed by atoms with Crippen molar-refractivity contribution >= 4 is 11.8 Å². The average Bonchev–Trinajstić information content (AvgIpc) is 2.18. The van der Waals surface area contributed by atoms with Crippen LogP contribution in [-0.2, 0) is 0 Å². The minimum absolute atomic E-state index is 0.570. The second kappa shape index (κ2) is 4.82. The number of para-hydroxylation sites is 1. The summed E-state index contributed by atoms with van der Waals surface area (Å²) < 4.78 is 0. The number of nitrogens with two attached hydrogens (primary N) is 1. The molecule has 0 fully saturated rings. The highest BCUT2D eigenvalue weighted by Gasteiger charge is 1.99. The number of hydrogen-bond acceptors (Lipinski definition) is 2. The monoisotopic (exact) mass is 190 g/mol. The molecule has 2 heteroatoms. The fraction of sp³-hybridized carbons (Fsp3) is 0.333. The van der Waals surface area contributed by atoms with Crippen LogP contribution in [0, 0.1) is 5.92 Å². The first kappa shape index (κ1) is 10.8. The third-order valence-electron chi connectivity index (χ3n) is 2.41. The van der Waals surface area contributed by atoms with Gasteiger partial charge in [-0.1, -0.05) is 43.7 Å². The first-order valence-corrected chi connectivity index (χ1v) is 4.89. The first-order valence-electron chi connectivity index (χ1n) is 4.89.